The minimum absolute atomic E-state index is 0.0109. The molecule has 0 aliphatic rings. The van der Waals surface area contributed by atoms with Crippen LogP contribution in [0.15, 0.2) is 0 Å². The van der Waals surface area contributed by atoms with E-state index in [0.717, 1.165) is 19.4 Å². The van der Waals surface area contributed by atoms with Crippen LogP contribution in [0.1, 0.15) is 43.4 Å². The van der Waals surface area contributed by atoms with Gasteiger partial charge < -0.3 is 5.73 Å². The fourth-order valence-corrected chi connectivity index (χ4v) is 2.20. The van der Waals surface area contributed by atoms with Crippen LogP contribution in [0.2, 0.25) is 0 Å². The number of hydrogen-bond donors (Lipinski definition) is 1. The predicted octanol–water partition coefficient (Wildman–Crippen LogP) is 1.52. The fourth-order valence-electron chi connectivity index (χ4n) is 2.20. The van der Waals surface area contributed by atoms with Crippen molar-refractivity contribution >= 4 is 11.6 Å². The van der Waals surface area contributed by atoms with E-state index in [1.165, 1.54) is 0 Å². The third-order valence-corrected chi connectivity index (χ3v) is 3.32. The number of unbranched alkanes of at least 4 members (excludes halogenated alkanes) is 1. The van der Waals surface area contributed by atoms with E-state index in [4.69, 9.17) is 11.0 Å². The number of nitriles is 3. The molecule has 0 amide bonds. The summed E-state index contributed by atoms with van der Waals surface area (Å²) in [4.78, 5) is 4.97. The SMILES string of the molecule is CCCCN(CC)c1[nH+]c(N)c(C#N)c(CC#N)c1C#N. The number of hydrogen-bond acceptors (Lipinski definition) is 5. The highest BCUT2D eigenvalue weighted by atomic mass is 15.2. The molecule has 1 rings (SSSR count). The number of nitrogens with zero attached hydrogens (tertiary/aromatic N) is 4. The van der Waals surface area contributed by atoms with Crippen LogP contribution in [0.25, 0.3) is 0 Å². The molecule has 3 N–H and O–H groups in total. The molecule has 6 heteroatoms. The second kappa shape index (κ2) is 7.72. The summed E-state index contributed by atoms with van der Waals surface area (Å²) in [6, 6.07) is 6.08. The number of nitrogen functional groups attached to an aromatic ring is 1. The van der Waals surface area contributed by atoms with Gasteiger partial charge in [-0.25, -0.2) is 4.98 Å². The Bertz CT molecular complexity index is 630. The second-order valence-corrected chi connectivity index (χ2v) is 4.61. The zero-order valence-corrected chi connectivity index (χ0v) is 12.4. The van der Waals surface area contributed by atoms with Crippen LogP contribution in [0.5, 0.6) is 0 Å². The molecule has 0 aliphatic carbocycles. The van der Waals surface area contributed by atoms with Crippen molar-refractivity contribution in [2.24, 2.45) is 0 Å². The lowest BCUT2D eigenvalue weighted by atomic mass is 10.0. The monoisotopic (exact) mass is 283 g/mol. The summed E-state index contributed by atoms with van der Waals surface area (Å²) in [5.74, 6) is 0.793. The molecule has 1 heterocycles. The van der Waals surface area contributed by atoms with E-state index in [9.17, 15) is 10.5 Å². The highest BCUT2D eigenvalue weighted by molar-refractivity contribution is 5.64. The van der Waals surface area contributed by atoms with Crippen LogP contribution in [0.3, 0.4) is 0 Å². The molecule has 0 unspecified atom stereocenters. The van der Waals surface area contributed by atoms with E-state index in [1.807, 2.05) is 24.0 Å². The maximum atomic E-state index is 9.45. The third kappa shape index (κ3) is 3.41. The van der Waals surface area contributed by atoms with Crippen molar-refractivity contribution in [3.8, 4) is 18.2 Å². The predicted molar refractivity (Wildman–Crippen MR) is 79.0 cm³/mol. The van der Waals surface area contributed by atoms with Crippen molar-refractivity contribution < 1.29 is 4.98 Å². The summed E-state index contributed by atoms with van der Waals surface area (Å²) in [5, 5.41) is 27.6. The molecule has 0 bridgehead atoms. The van der Waals surface area contributed by atoms with Gasteiger partial charge in [0.25, 0.3) is 0 Å². The minimum atomic E-state index is -0.0109. The van der Waals surface area contributed by atoms with Crippen LogP contribution in [0.4, 0.5) is 11.6 Å². The van der Waals surface area contributed by atoms with Gasteiger partial charge in [-0.15, -0.1) is 0 Å². The van der Waals surface area contributed by atoms with Gasteiger partial charge in [-0.2, -0.15) is 15.8 Å². The molecular formula is C15H19N6+. The minimum Gasteiger partial charge on any atom is -0.318 e. The van der Waals surface area contributed by atoms with E-state index >= 15 is 0 Å². The second-order valence-electron chi connectivity index (χ2n) is 4.61. The Kier molecular flexibility index (Phi) is 5.99. The summed E-state index contributed by atoms with van der Waals surface area (Å²) in [6.07, 6.45) is 2.01. The van der Waals surface area contributed by atoms with E-state index in [-0.39, 0.29) is 17.8 Å². The Balaban J connectivity index is 3.50. The largest absolute Gasteiger partial charge is 0.318 e. The summed E-state index contributed by atoms with van der Waals surface area (Å²) in [7, 11) is 0. The number of H-pyrrole nitrogens is 1. The van der Waals surface area contributed by atoms with Gasteiger partial charge in [-0.05, 0) is 13.3 Å². The molecule has 6 nitrogen and oxygen atoms in total. The lowest BCUT2D eigenvalue weighted by Gasteiger charge is -2.19. The van der Waals surface area contributed by atoms with Crippen molar-refractivity contribution in [2.75, 3.05) is 23.7 Å². The number of nitrogens with two attached hydrogens (primary N) is 1. The standard InChI is InChI=1S/C15H18N6/c1-3-5-8-21(4-2)15-13(10-18)11(6-7-16)12(9-17)14(19)20-15/h3-6,8H2,1-2H3,(H2,19,20)/p+1. The molecule has 0 spiro atoms. The van der Waals surface area contributed by atoms with Gasteiger partial charge in [-0.1, -0.05) is 13.3 Å². The van der Waals surface area contributed by atoms with Crippen molar-refractivity contribution in [1.29, 1.82) is 15.8 Å². The number of rotatable bonds is 6. The van der Waals surface area contributed by atoms with E-state index in [2.05, 4.69) is 18.0 Å². The highest BCUT2D eigenvalue weighted by Crippen LogP contribution is 2.25. The lowest BCUT2D eigenvalue weighted by Crippen LogP contribution is -2.33. The smallest absolute Gasteiger partial charge is 0.240 e. The fraction of sp³-hybridized carbons (Fsp3) is 0.467. The molecule has 0 fully saturated rings. The number of aromatic amines is 1. The first-order valence-corrected chi connectivity index (χ1v) is 6.94. The molecular weight excluding hydrogens is 264 g/mol. The first-order chi connectivity index (χ1) is 10.1. The topological polar surface area (TPSA) is 115 Å². The van der Waals surface area contributed by atoms with E-state index in [1.54, 1.807) is 0 Å². The maximum absolute atomic E-state index is 9.45. The zero-order valence-electron chi connectivity index (χ0n) is 12.4. The van der Waals surface area contributed by atoms with Gasteiger partial charge in [0.15, 0.2) is 0 Å². The number of aromatic nitrogens is 1. The van der Waals surface area contributed by atoms with E-state index in [0.29, 0.717) is 23.5 Å². The Morgan fingerprint density at radius 2 is 1.81 bits per heavy atom. The van der Waals surface area contributed by atoms with Crippen molar-refractivity contribution in [2.45, 2.75) is 33.1 Å². The average Bonchev–Trinajstić information content (AvgIpc) is 2.48. The molecule has 0 aromatic carbocycles. The van der Waals surface area contributed by atoms with Gasteiger partial charge >= 0.3 is 0 Å². The van der Waals surface area contributed by atoms with E-state index < -0.39 is 0 Å². The first-order valence-electron chi connectivity index (χ1n) is 6.94. The summed E-state index contributed by atoms with van der Waals surface area (Å²) >= 11 is 0. The number of anilines is 2. The Labute approximate surface area is 125 Å². The Hall–Kier alpha value is -2.78. The van der Waals surface area contributed by atoms with Crippen LogP contribution in [-0.2, 0) is 6.42 Å². The third-order valence-electron chi connectivity index (χ3n) is 3.32. The van der Waals surface area contributed by atoms with Crippen LogP contribution in [0, 0.1) is 34.0 Å². The normalized spacial score (nSPS) is 9.48. The first kappa shape index (κ1) is 16.3. The lowest BCUT2D eigenvalue weighted by molar-refractivity contribution is -0.347. The molecule has 1 aromatic heterocycles. The number of nitrogens with one attached hydrogen (secondary N) is 1. The van der Waals surface area contributed by atoms with Gasteiger partial charge in [-0.3, -0.25) is 4.90 Å². The van der Waals surface area contributed by atoms with Gasteiger partial charge in [0, 0.05) is 5.56 Å². The Morgan fingerprint density at radius 3 is 2.29 bits per heavy atom. The molecule has 21 heavy (non-hydrogen) atoms. The summed E-state index contributed by atoms with van der Waals surface area (Å²) in [6.45, 7) is 5.58. The van der Waals surface area contributed by atoms with Crippen molar-refractivity contribution in [3.63, 3.8) is 0 Å². The zero-order chi connectivity index (χ0) is 15.8. The van der Waals surface area contributed by atoms with Crippen molar-refractivity contribution in [3.05, 3.63) is 16.7 Å². The molecule has 0 radical (unpaired) electrons. The van der Waals surface area contributed by atoms with Crippen LogP contribution >= 0.6 is 0 Å². The number of pyridine rings is 1. The van der Waals surface area contributed by atoms with Gasteiger partial charge in [0.2, 0.25) is 11.6 Å². The molecule has 0 saturated heterocycles. The quantitative estimate of drug-likeness (QED) is 0.849. The maximum Gasteiger partial charge on any atom is 0.240 e. The molecule has 0 aliphatic heterocycles. The molecule has 108 valence electrons. The molecule has 1 aromatic rings. The highest BCUT2D eigenvalue weighted by Gasteiger charge is 2.25. The molecule has 0 atom stereocenters. The summed E-state index contributed by atoms with van der Waals surface area (Å²) < 4.78 is 0. The average molecular weight is 283 g/mol. The Morgan fingerprint density at radius 1 is 1.14 bits per heavy atom. The summed E-state index contributed by atoms with van der Waals surface area (Å²) in [5.41, 5.74) is 6.81. The van der Waals surface area contributed by atoms with Gasteiger partial charge in [0.05, 0.1) is 25.6 Å². The van der Waals surface area contributed by atoms with Crippen molar-refractivity contribution in [1.82, 2.24) is 0 Å². The van der Waals surface area contributed by atoms with Gasteiger partial charge in [0.1, 0.15) is 23.3 Å². The van der Waals surface area contributed by atoms with Crippen LogP contribution in [-0.4, -0.2) is 13.1 Å². The molecule has 0 saturated carbocycles. The van der Waals surface area contributed by atoms with Crippen LogP contribution < -0.4 is 15.6 Å².